The fourth-order valence-corrected chi connectivity index (χ4v) is 1.12. The number of ether oxygens (including phenoxy) is 1. The maximum absolute atomic E-state index is 8.99. The maximum Gasteiger partial charge on any atom is 0.101 e. The van der Waals surface area contributed by atoms with Gasteiger partial charge in [-0.15, -0.1) is 0 Å². The summed E-state index contributed by atoms with van der Waals surface area (Å²) >= 11 is 0. The van der Waals surface area contributed by atoms with E-state index in [1.807, 2.05) is 37.3 Å². The molecule has 0 amide bonds. The fraction of sp³-hybridized carbons (Fsp3) is 0.333. The van der Waals surface area contributed by atoms with Crippen LogP contribution in [0.3, 0.4) is 0 Å². The normalized spacial score (nSPS) is 12.4. The Morgan fingerprint density at radius 2 is 2.07 bits per heavy atom. The monoisotopic (exact) mass is 192 g/mol. The summed E-state index contributed by atoms with van der Waals surface area (Å²) in [7, 11) is 0. The smallest absolute Gasteiger partial charge is 0.101 e. The highest BCUT2D eigenvalue weighted by Crippen LogP contribution is 2.07. The second-order valence-electron chi connectivity index (χ2n) is 3.31. The van der Waals surface area contributed by atoms with Gasteiger partial charge in [-0.1, -0.05) is 36.9 Å². The first-order valence-corrected chi connectivity index (χ1v) is 4.66. The van der Waals surface area contributed by atoms with Crippen molar-refractivity contribution in [1.29, 1.82) is 0 Å². The van der Waals surface area contributed by atoms with Gasteiger partial charge < -0.3 is 9.84 Å². The molecule has 0 spiro atoms. The van der Waals surface area contributed by atoms with Gasteiger partial charge in [-0.05, 0) is 18.1 Å². The Labute approximate surface area is 84.8 Å². The van der Waals surface area contributed by atoms with Crippen LogP contribution in [0.15, 0.2) is 42.5 Å². The zero-order valence-corrected chi connectivity index (χ0v) is 8.44. The molecule has 2 heteroatoms. The first-order chi connectivity index (χ1) is 6.74. The van der Waals surface area contributed by atoms with E-state index >= 15 is 0 Å². The molecule has 0 aliphatic rings. The molecule has 2 nitrogen and oxygen atoms in total. The Balaban J connectivity index is 2.44. The quantitative estimate of drug-likeness (QED) is 0.724. The summed E-state index contributed by atoms with van der Waals surface area (Å²) in [5, 5.41) is 8.99. The standard InChI is InChI=1S/C12H16O2/c1-10(2)12(8-13)14-9-11-6-4-3-5-7-11/h3-7,12-13H,1,8-9H2,2H3/t12-/m1/s1. The van der Waals surface area contributed by atoms with Gasteiger partial charge in [-0.3, -0.25) is 0 Å². The Hall–Kier alpha value is -1.12. The van der Waals surface area contributed by atoms with Crippen molar-refractivity contribution >= 4 is 0 Å². The summed E-state index contributed by atoms with van der Waals surface area (Å²) in [5.74, 6) is 0. The van der Waals surface area contributed by atoms with Gasteiger partial charge in [-0.25, -0.2) is 0 Å². The molecule has 0 saturated carbocycles. The maximum atomic E-state index is 8.99. The van der Waals surface area contributed by atoms with Crippen molar-refractivity contribution in [3.63, 3.8) is 0 Å². The zero-order valence-electron chi connectivity index (χ0n) is 8.44. The van der Waals surface area contributed by atoms with Crippen LogP contribution in [0.25, 0.3) is 0 Å². The fourth-order valence-electron chi connectivity index (χ4n) is 1.12. The van der Waals surface area contributed by atoms with Crippen molar-refractivity contribution in [2.24, 2.45) is 0 Å². The van der Waals surface area contributed by atoms with Crippen molar-refractivity contribution in [3.05, 3.63) is 48.0 Å². The minimum absolute atomic E-state index is 0.0117. The second-order valence-corrected chi connectivity index (χ2v) is 3.31. The predicted octanol–water partition coefficient (Wildman–Crippen LogP) is 2.14. The average Bonchev–Trinajstić information content (AvgIpc) is 2.20. The van der Waals surface area contributed by atoms with Crippen molar-refractivity contribution in [2.45, 2.75) is 19.6 Å². The van der Waals surface area contributed by atoms with Gasteiger partial charge in [0.15, 0.2) is 0 Å². The summed E-state index contributed by atoms with van der Waals surface area (Å²) in [6, 6.07) is 9.88. The number of rotatable bonds is 5. The number of hydrogen-bond donors (Lipinski definition) is 1. The molecule has 1 rings (SSSR count). The zero-order chi connectivity index (χ0) is 10.4. The highest BCUT2D eigenvalue weighted by molar-refractivity contribution is 5.13. The van der Waals surface area contributed by atoms with Crippen LogP contribution in [0.4, 0.5) is 0 Å². The number of benzene rings is 1. The summed E-state index contributed by atoms with van der Waals surface area (Å²) < 4.78 is 5.49. The van der Waals surface area contributed by atoms with Gasteiger partial charge in [0.05, 0.1) is 13.2 Å². The minimum atomic E-state index is -0.254. The first kappa shape index (κ1) is 11.0. The van der Waals surface area contributed by atoms with Crippen LogP contribution < -0.4 is 0 Å². The molecule has 0 aliphatic carbocycles. The van der Waals surface area contributed by atoms with Crippen LogP contribution in [0.5, 0.6) is 0 Å². The Kier molecular flexibility index (Phi) is 4.36. The summed E-state index contributed by atoms with van der Waals surface area (Å²) in [4.78, 5) is 0. The molecule has 1 aromatic carbocycles. The molecule has 1 atom stereocenters. The average molecular weight is 192 g/mol. The van der Waals surface area contributed by atoms with Crippen LogP contribution in [-0.4, -0.2) is 17.8 Å². The molecule has 0 radical (unpaired) electrons. The summed E-state index contributed by atoms with van der Waals surface area (Å²) in [5.41, 5.74) is 1.95. The third kappa shape index (κ3) is 3.32. The van der Waals surface area contributed by atoms with E-state index < -0.39 is 0 Å². The third-order valence-corrected chi connectivity index (χ3v) is 2.01. The van der Waals surface area contributed by atoms with E-state index in [9.17, 15) is 0 Å². The molecular formula is C12H16O2. The lowest BCUT2D eigenvalue weighted by molar-refractivity contribution is 0.0254. The molecule has 76 valence electrons. The van der Waals surface area contributed by atoms with E-state index in [4.69, 9.17) is 9.84 Å². The van der Waals surface area contributed by atoms with E-state index in [1.54, 1.807) is 0 Å². The van der Waals surface area contributed by atoms with Crippen molar-refractivity contribution in [2.75, 3.05) is 6.61 Å². The molecule has 0 saturated heterocycles. The highest BCUT2D eigenvalue weighted by atomic mass is 16.5. The predicted molar refractivity (Wildman–Crippen MR) is 56.9 cm³/mol. The molecule has 14 heavy (non-hydrogen) atoms. The van der Waals surface area contributed by atoms with E-state index in [-0.39, 0.29) is 12.7 Å². The molecule has 0 fully saturated rings. The van der Waals surface area contributed by atoms with Gasteiger partial charge in [0.1, 0.15) is 6.10 Å². The Morgan fingerprint density at radius 3 is 2.57 bits per heavy atom. The Morgan fingerprint density at radius 1 is 1.43 bits per heavy atom. The number of aliphatic hydroxyl groups excluding tert-OH is 1. The number of aliphatic hydroxyl groups is 1. The summed E-state index contributed by atoms with van der Waals surface area (Å²) in [6.45, 7) is 6.11. The molecular weight excluding hydrogens is 176 g/mol. The first-order valence-electron chi connectivity index (χ1n) is 4.66. The molecule has 1 aromatic rings. The molecule has 1 N–H and O–H groups in total. The van der Waals surface area contributed by atoms with Gasteiger partial charge >= 0.3 is 0 Å². The molecule has 0 heterocycles. The van der Waals surface area contributed by atoms with Crippen molar-refractivity contribution in [1.82, 2.24) is 0 Å². The van der Waals surface area contributed by atoms with Crippen LogP contribution in [-0.2, 0) is 11.3 Å². The van der Waals surface area contributed by atoms with E-state index in [0.717, 1.165) is 11.1 Å². The lowest BCUT2D eigenvalue weighted by Gasteiger charge is -2.15. The lowest BCUT2D eigenvalue weighted by Crippen LogP contribution is -2.18. The molecule has 0 aliphatic heterocycles. The van der Waals surface area contributed by atoms with Gasteiger partial charge in [-0.2, -0.15) is 0 Å². The molecule has 0 bridgehead atoms. The van der Waals surface area contributed by atoms with Gasteiger partial charge in [0.2, 0.25) is 0 Å². The van der Waals surface area contributed by atoms with Crippen LogP contribution in [0.1, 0.15) is 12.5 Å². The van der Waals surface area contributed by atoms with E-state index in [0.29, 0.717) is 6.61 Å². The second kappa shape index (κ2) is 5.58. The SMILES string of the molecule is C=C(C)[C@@H](CO)OCc1ccccc1. The minimum Gasteiger partial charge on any atom is -0.393 e. The molecule has 0 unspecified atom stereocenters. The lowest BCUT2D eigenvalue weighted by atomic mass is 10.2. The van der Waals surface area contributed by atoms with Crippen LogP contribution in [0.2, 0.25) is 0 Å². The van der Waals surface area contributed by atoms with Crippen molar-refractivity contribution in [3.8, 4) is 0 Å². The van der Waals surface area contributed by atoms with Gasteiger partial charge in [0, 0.05) is 0 Å². The van der Waals surface area contributed by atoms with E-state index in [1.165, 1.54) is 0 Å². The molecule has 0 aromatic heterocycles. The van der Waals surface area contributed by atoms with E-state index in [2.05, 4.69) is 6.58 Å². The topological polar surface area (TPSA) is 29.5 Å². The largest absolute Gasteiger partial charge is 0.393 e. The van der Waals surface area contributed by atoms with Crippen LogP contribution in [0, 0.1) is 0 Å². The van der Waals surface area contributed by atoms with Crippen molar-refractivity contribution < 1.29 is 9.84 Å². The summed E-state index contributed by atoms with van der Waals surface area (Å²) in [6.07, 6.45) is -0.254. The van der Waals surface area contributed by atoms with Crippen LogP contribution >= 0.6 is 0 Å². The number of hydrogen-bond acceptors (Lipinski definition) is 2. The van der Waals surface area contributed by atoms with Gasteiger partial charge in [0.25, 0.3) is 0 Å². The third-order valence-electron chi connectivity index (χ3n) is 2.01. The highest BCUT2D eigenvalue weighted by Gasteiger charge is 2.07. The Bertz CT molecular complexity index is 280.